The van der Waals surface area contributed by atoms with Crippen molar-refractivity contribution >= 4 is 27.3 Å². The van der Waals surface area contributed by atoms with Crippen LogP contribution in [0.25, 0.3) is 0 Å². The Labute approximate surface area is 187 Å². The Bertz CT molecular complexity index is 911. The third-order valence-corrected chi connectivity index (χ3v) is 7.68. The van der Waals surface area contributed by atoms with Gasteiger partial charge in [0.2, 0.25) is 15.9 Å². The lowest BCUT2D eigenvalue weighted by molar-refractivity contribution is -0.384. The van der Waals surface area contributed by atoms with Gasteiger partial charge in [-0.2, -0.15) is 4.31 Å². The van der Waals surface area contributed by atoms with Crippen molar-refractivity contribution in [2.75, 3.05) is 64.6 Å². The molecule has 0 saturated carbocycles. The van der Waals surface area contributed by atoms with E-state index in [1.165, 1.54) is 16.4 Å². The third-order valence-electron chi connectivity index (χ3n) is 5.78. The van der Waals surface area contributed by atoms with E-state index < -0.39 is 14.9 Å². The van der Waals surface area contributed by atoms with Crippen LogP contribution < -0.4 is 10.2 Å². The highest BCUT2D eigenvalue weighted by atomic mass is 32.2. The van der Waals surface area contributed by atoms with Gasteiger partial charge < -0.3 is 19.7 Å². The number of amides is 1. The van der Waals surface area contributed by atoms with Gasteiger partial charge in [-0.3, -0.25) is 14.9 Å². The Morgan fingerprint density at radius 3 is 2.56 bits per heavy atom. The Balaban J connectivity index is 1.68. The molecule has 12 heteroatoms. The molecular weight excluding hydrogens is 440 g/mol. The summed E-state index contributed by atoms with van der Waals surface area (Å²) in [5.41, 5.74) is 0.122. The molecule has 1 aromatic carbocycles. The maximum atomic E-state index is 12.9. The molecule has 178 valence electrons. The number of nitro benzene ring substituents is 1. The van der Waals surface area contributed by atoms with Crippen molar-refractivity contribution in [3.63, 3.8) is 0 Å². The molecule has 2 aliphatic rings. The van der Waals surface area contributed by atoms with Crippen molar-refractivity contribution in [3.05, 3.63) is 28.3 Å². The van der Waals surface area contributed by atoms with Gasteiger partial charge in [0.1, 0.15) is 5.69 Å². The second kappa shape index (κ2) is 11.0. The summed E-state index contributed by atoms with van der Waals surface area (Å²) < 4.78 is 37.2. The van der Waals surface area contributed by atoms with Crippen LogP contribution in [0.2, 0.25) is 0 Å². The normalized spacial score (nSPS) is 18.5. The van der Waals surface area contributed by atoms with Crippen LogP contribution in [-0.4, -0.2) is 83.2 Å². The van der Waals surface area contributed by atoms with E-state index in [4.69, 9.17) is 9.47 Å². The summed E-state index contributed by atoms with van der Waals surface area (Å²) in [6.45, 7) is 3.14. The zero-order valence-electron chi connectivity index (χ0n) is 18.2. The molecule has 2 heterocycles. The number of hydrogen-bond acceptors (Lipinski definition) is 8. The molecular formula is C20H30N4O7S. The maximum absolute atomic E-state index is 12.9. The van der Waals surface area contributed by atoms with Gasteiger partial charge >= 0.3 is 0 Å². The van der Waals surface area contributed by atoms with Crippen LogP contribution in [-0.2, 0) is 24.3 Å². The Morgan fingerprint density at radius 2 is 1.94 bits per heavy atom. The van der Waals surface area contributed by atoms with Crippen LogP contribution in [0.3, 0.4) is 0 Å². The predicted octanol–water partition coefficient (Wildman–Crippen LogP) is 0.985. The van der Waals surface area contributed by atoms with Crippen LogP contribution in [0.15, 0.2) is 23.1 Å². The highest BCUT2D eigenvalue weighted by Crippen LogP contribution is 2.34. The SMILES string of the molecule is COCCCNC(=O)C1CCN(c2ccc(S(=O)(=O)N3CCOCC3)cc2[N+](=O)[O-])CC1. The van der Waals surface area contributed by atoms with Crippen molar-refractivity contribution < 1.29 is 27.6 Å². The van der Waals surface area contributed by atoms with Crippen molar-refractivity contribution in [1.29, 1.82) is 0 Å². The van der Waals surface area contributed by atoms with Crippen LogP contribution in [0, 0.1) is 16.0 Å². The quantitative estimate of drug-likeness (QED) is 0.321. The summed E-state index contributed by atoms with van der Waals surface area (Å²) in [7, 11) is -2.22. The molecule has 0 radical (unpaired) electrons. The van der Waals surface area contributed by atoms with Gasteiger partial charge in [-0.25, -0.2) is 8.42 Å². The molecule has 2 aliphatic heterocycles. The summed E-state index contributed by atoms with van der Waals surface area (Å²) in [5, 5.41) is 14.6. The van der Waals surface area contributed by atoms with Gasteiger partial charge in [0, 0.05) is 58.4 Å². The van der Waals surface area contributed by atoms with Gasteiger partial charge in [-0.05, 0) is 31.4 Å². The monoisotopic (exact) mass is 470 g/mol. The van der Waals surface area contributed by atoms with Crippen LogP contribution in [0.1, 0.15) is 19.3 Å². The van der Waals surface area contributed by atoms with E-state index in [0.29, 0.717) is 58.0 Å². The first kappa shape index (κ1) is 24.4. The third kappa shape index (κ3) is 5.74. The summed E-state index contributed by atoms with van der Waals surface area (Å²) >= 11 is 0. The molecule has 0 spiro atoms. The van der Waals surface area contributed by atoms with E-state index in [1.807, 2.05) is 4.90 Å². The Morgan fingerprint density at radius 1 is 1.25 bits per heavy atom. The van der Waals surface area contributed by atoms with E-state index in [0.717, 1.165) is 12.5 Å². The average molecular weight is 471 g/mol. The number of nitrogens with one attached hydrogen (secondary N) is 1. The second-order valence-electron chi connectivity index (χ2n) is 7.82. The molecule has 2 fully saturated rings. The van der Waals surface area contributed by atoms with Crippen LogP contribution in [0.5, 0.6) is 0 Å². The fraction of sp³-hybridized carbons (Fsp3) is 0.650. The molecule has 0 aromatic heterocycles. The lowest BCUT2D eigenvalue weighted by Gasteiger charge is -2.33. The summed E-state index contributed by atoms with van der Waals surface area (Å²) in [6, 6.07) is 4.05. The van der Waals surface area contributed by atoms with Gasteiger partial charge in [0.15, 0.2) is 0 Å². The van der Waals surface area contributed by atoms with Gasteiger partial charge in [0.25, 0.3) is 5.69 Å². The highest BCUT2D eigenvalue weighted by molar-refractivity contribution is 7.89. The van der Waals surface area contributed by atoms with Gasteiger partial charge in [-0.1, -0.05) is 0 Å². The summed E-state index contributed by atoms with van der Waals surface area (Å²) in [4.78, 5) is 25.3. The first-order valence-electron chi connectivity index (χ1n) is 10.7. The number of hydrogen-bond donors (Lipinski definition) is 1. The minimum Gasteiger partial charge on any atom is -0.385 e. The molecule has 32 heavy (non-hydrogen) atoms. The number of benzene rings is 1. The lowest BCUT2D eigenvalue weighted by atomic mass is 9.95. The Hall–Kier alpha value is -2.28. The molecule has 0 atom stereocenters. The van der Waals surface area contributed by atoms with E-state index >= 15 is 0 Å². The van der Waals surface area contributed by atoms with Crippen molar-refractivity contribution in [3.8, 4) is 0 Å². The van der Waals surface area contributed by atoms with E-state index in [2.05, 4.69) is 5.32 Å². The largest absolute Gasteiger partial charge is 0.385 e. The number of nitrogens with zero attached hydrogens (tertiary/aromatic N) is 3. The van der Waals surface area contributed by atoms with Crippen molar-refractivity contribution in [2.24, 2.45) is 5.92 Å². The van der Waals surface area contributed by atoms with Crippen molar-refractivity contribution in [1.82, 2.24) is 9.62 Å². The first-order chi connectivity index (χ1) is 15.3. The average Bonchev–Trinajstić information content (AvgIpc) is 2.82. The van der Waals surface area contributed by atoms with E-state index in [9.17, 15) is 23.3 Å². The number of carbonyl (C=O) groups excluding carboxylic acids is 1. The predicted molar refractivity (Wildman–Crippen MR) is 117 cm³/mol. The molecule has 1 amide bonds. The molecule has 1 aromatic rings. The van der Waals surface area contributed by atoms with Gasteiger partial charge in [0.05, 0.1) is 23.0 Å². The smallest absolute Gasteiger partial charge is 0.293 e. The number of morpholine rings is 1. The highest BCUT2D eigenvalue weighted by Gasteiger charge is 2.32. The number of nitro groups is 1. The number of rotatable bonds is 9. The second-order valence-corrected chi connectivity index (χ2v) is 9.76. The van der Waals surface area contributed by atoms with Crippen LogP contribution in [0.4, 0.5) is 11.4 Å². The molecule has 2 saturated heterocycles. The number of carbonyl (C=O) groups is 1. The Kier molecular flexibility index (Phi) is 8.40. The minimum atomic E-state index is -3.83. The van der Waals surface area contributed by atoms with Crippen molar-refractivity contribution in [2.45, 2.75) is 24.2 Å². The topological polar surface area (TPSA) is 131 Å². The minimum absolute atomic E-state index is 0.0118. The zero-order valence-corrected chi connectivity index (χ0v) is 19.0. The number of sulfonamides is 1. The summed E-state index contributed by atoms with van der Waals surface area (Å²) in [5.74, 6) is -0.156. The molecule has 0 bridgehead atoms. The maximum Gasteiger partial charge on any atom is 0.293 e. The molecule has 0 unspecified atom stereocenters. The molecule has 0 aliphatic carbocycles. The van der Waals surface area contributed by atoms with E-state index in [1.54, 1.807) is 7.11 Å². The molecule has 1 N–H and O–H groups in total. The fourth-order valence-corrected chi connectivity index (χ4v) is 5.40. The lowest BCUT2D eigenvalue weighted by Crippen LogP contribution is -2.41. The number of ether oxygens (including phenoxy) is 2. The number of anilines is 1. The number of methoxy groups -OCH3 is 1. The van der Waals surface area contributed by atoms with Gasteiger partial charge in [-0.15, -0.1) is 0 Å². The van der Waals surface area contributed by atoms with E-state index in [-0.39, 0.29) is 35.5 Å². The number of piperidine rings is 1. The molecule has 11 nitrogen and oxygen atoms in total. The van der Waals surface area contributed by atoms with Crippen LogP contribution >= 0.6 is 0 Å². The fourth-order valence-electron chi connectivity index (χ4n) is 3.97. The zero-order chi connectivity index (χ0) is 23.1. The summed E-state index contributed by atoms with van der Waals surface area (Å²) in [6.07, 6.45) is 1.88. The first-order valence-corrected chi connectivity index (χ1v) is 12.2. The molecule has 3 rings (SSSR count). The standard InChI is InChI=1S/C20H30N4O7S/c1-30-12-2-7-21-20(25)16-5-8-22(9-6-16)18-4-3-17(15-19(18)24(26)27)32(28,29)23-10-13-31-14-11-23/h3-4,15-16H,2,5-14H2,1H3,(H,21,25).